The average Bonchev–Trinajstić information content (AvgIpc) is 2.90. The van der Waals surface area contributed by atoms with Gasteiger partial charge in [-0.05, 0) is 49.6 Å². The number of halogens is 6. The molecule has 0 aliphatic carbocycles. The van der Waals surface area contributed by atoms with Crippen LogP contribution in [0, 0.1) is 0 Å². The second kappa shape index (κ2) is 12.5. The lowest BCUT2D eigenvalue weighted by atomic mass is 9.89. The Labute approximate surface area is 229 Å². The molecule has 1 aliphatic heterocycles. The van der Waals surface area contributed by atoms with Crippen LogP contribution in [0.3, 0.4) is 0 Å². The third-order valence-electron chi connectivity index (χ3n) is 7.09. The van der Waals surface area contributed by atoms with Crippen LogP contribution in [-0.4, -0.2) is 44.9 Å². The van der Waals surface area contributed by atoms with Crippen LogP contribution in [0.25, 0.3) is 0 Å². The van der Waals surface area contributed by atoms with Crippen LogP contribution in [0.2, 0.25) is 0 Å². The predicted octanol–water partition coefficient (Wildman–Crippen LogP) is 7.84. The fourth-order valence-electron chi connectivity index (χ4n) is 5.11. The number of nitrogens with zero attached hydrogens (tertiary/aromatic N) is 2. The highest BCUT2D eigenvalue weighted by atomic mass is 19.4. The van der Waals surface area contributed by atoms with Gasteiger partial charge >= 0.3 is 18.4 Å². The van der Waals surface area contributed by atoms with Crippen molar-refractivity contribution in [2.75, 3.05) is 32.8 Å². The summed E-state index contributed by atoms with van der Waals surface area (Å²) in [5, 5.41) is 0. The van der Waals surface area contributed by atoms with Crippen LogP contribution in [0.5, 0.6) is 11.5 Å². The number of methoxy groups -OCH3 is 3. The highest BCUT2D eigenvalue weighted by Crippen LogP contribution is 2.46. The molecule has 0 bridgehead atoms. The van der Waals surface area contributed by atoms with E-state index in [2.05, 4.69) is 11.8 Å². The molecule has 0 spiro atoms. The maximum Gasteiger partial charge on any atom is 0.416 e. The lowest BCUT2D eigenvalue weighted by Gasteiger charge is -2.44. The Balaban J connectivity index is 2.15. The first-order valence-electron chi connectivity index (χ1n) is 12.9. The molecule has 6 nitrogen and oxygen atoms in total. The third kappa shape index (κ3) is 6.87. The van der Waals surface area contributed by atoms with Crippen LogP contribution in [-0.2, 0) is 23.6 Å². The number of unbranched alkanes of at least 4 members (excludes halogenated alkanes) is 2. The summed E-state index contributed by atoms with van der Waals surface area (Å²) in [6.07, 6.45) is -7.64. The normalized spacial score (nSPS) is 17.3. The number of hydrogen-bond acceptors (Lipinski definition) is 5. The van der Waals surface area contributed by atoms with Crippen molar-refractivity contribution >= 4 is 11.8 Å². The molecule has 222 valence electrons. The van der Waals surface area contributed by atoms with Crippen LogP contribution >= 0.6 is 0 Å². The predicted molar refractivity (Wildman–Crippen MR) is 138 cm³/mol. The third-order valence-corrected chi connectivity index (χ3v) is 7.09. The quantitative estimate of drug-likeness (QED) is 0.225. The second-order valence-corrected chi connectivity index (χ2v) is 9.78. The largest absolute Gasteiger partial charge is 0.493 e. The molecule has 1 aliphatic rings. The van der Waals surface area contributed by atoms with E-state index in [1.807, 2.05) is 6.92 Å². The molecule has 1 amide bonds. The Kier molecular flexibility index (Phi) is 9.73. The number of carbonyl (C=O) groups excluding carboxylic acids is 1. The summed E-state index contributed by atoms with van der Waals surface area (Å²) in [6, 6.07) is 3.95. The summed E-state index contributed by atoms with van der Waals surface area (Å²) in [5.41, 5.74) is -1.86. The molecule has 1 heterocycles. The van der Waals surface area contributed by atoms with Gasteiger partial charge in [0, 0.05) is 36.4 Å². The summed E-state index contributed by atoms with van der Waals surface area (Å²) in [4.78, 5) is 16.4. The summed E-state index contributed by atoms with van der Waals surface area (Å²) in [6.45, 7) is 4.22. The Morgan fingerprint density at radius 3 is 2.00 bits per heavy atom. The number of alkyl halides is 6. The van der Waals surface area contributed by atoms with Gasteiger partial charge < -0.3 is 19.1 Å². The Morgan fingerprint density at radius 2 is 1.50 bits per heavy atom. The maximum absolute atomic E-state index is 13.5. The summed E-state index contributed by atoms with van der Waals surface area (Å²) < 4.78 is 97.1. The fourth-order valence-corrected chi connectivity index (χ4v) is 5.11. The molecule has 3 rings (SSSR count). The van der Waals surface area contributed by atoms with Crippen molar-refractivity contribution in [2.45, 2.75) is 70.5 Å². The van der Waals surface area contributed by atoms with Crippen molar-refractivity contribution in [3.8, 4) is 11.5 Å². The SMILES string of the molecule is CCCCCN1c2cc(OC)c(OC)cc2[C@@H](N(Cc2cc(C(F)(F)F)cc(C(F)(F)F)c2)C(=O)OC)C[C@H]1C. The van der Waals surface area contributed by atoms with Crippen molar-refractivity contribution in [3.63, 3.8) is 0 Å². The van der Waals surface area contributed by atoms with Crippen LogP contribution < -0.4 is 14.4 Å². The van der Waals surface area contributed by atoms with Gasteiger partial charge in [-0.2, -0.15) is 26.3 Å². The van der Waals surface area contributed by atoms with Gasteiger partial charge in [0.1, 0.15) is 0 Å². The van der Waals surface area contributed by atoms with E-state index in [-0.39, 0.29) is 17.7 Å². The molecule has 40 heavy (non-hydrogen) atoms. The summed E-state index contributed by atoms with van der Waals surface area (Å²) in [7, 11) is 4.05. The van der Waals surface area contributed by atoms with Gasteiger partial charge in [-0.3, -0.25) is 4.90 Å². The highest BCUT2D eigenvalue weighted by Gasteiger charge is 2.40. The number of amides is 1. The van der Waals surface area contributed by atoms with E-state index in [4.69, 9.17) is 14.2 Å². The number of hydrogen-bond donors (Lipinski definition) is 0. The molecule has 0 radical (unpaired) electrons. The van der Waals surface area contributed by atoms with Gasteiger partial charge in [0.2, 0.25) is 0 Å². The first-order chi connectivity index (χ1) is 18.7. The van der Waals surface area contributed by atoms with Crippen LogP contribution in [0.15, 0.2) is 30.3 Å². The smallest absolute Gasteiger partial charge is 0.416 e. The molecule has 0 saturated carbocycles. The number of benzene rings is 2. The van der Waals surface area contributed by atoms with E-state index in [9.17, 15) is 31.1 Å². The number of ether oxygens (including phenoxy) is 3. The van der Waals surface area contributed by atoms with Gasteiger partial charge in [0.15, 0.2) is 11.5 Å². The number of fused-ring (bicyclic) bond motifs is 1. The minimum atomic E-state index is -5.01. The number of anilines is 1. The van der Waals surface area contributed by atoms with Gasteiger partial charge in [-0.15, -0.1) is 0 Å². The Bertz CT molecular complexity index is 1150. The van der Waals surface area contributed by atoms with Crippen LogP contribution in [0.4, 0.5) is 36.8 Å². The Hall–Kier alpha value is -3.31. The zero-order valence-electron chi connectivity index (χ0n) is 23.1. The van der Waals surface area contributed by atoms with Gasteiger partial charge in [-0.25, -0.2) is 4.79 Å². The monoisotopic (exact) mass is 576 g/mol. The van der Waals surface area contributed by atoms with E-state index in [1.54, 1.807) is 12.1 Å². The lowest BCUT2D eigenvalue weighted by Crippen LogP contribution is -2.45. The summed E-state index contributed by atoms with van der Waals surface area (Å²) in [5.74, 6) is 0.824. The number of rotatable bonds is 9. The van der Waals surface area contributed by atoms with E-state index < -0.39 is 42.2 Å². The van der Waals surface area contributed by atoms with Crippen molar-refractivity contribution in [3.05, 3.63) is 52.6 Å². The topological polar surface area (TPSA) is 51.2 Å². The molecule has 0 N–H and O–H groups in total. The molecular formula is C28H34F6N2O4. The fraction of sp³-hybridized carbons (Fsp3) is 0.536. The van der Waals surface area contributed by atoms with Crippen molar-refractivity contribution in [2.24, 2.45) is 0 Å². The minimum absolute atomic E-state index is 0.0648. The molecule has 0 saturated heterocycles. The summed E-state index contributed by atoms with van der Waals surface area (Å²) >= 11 is 0. The molecule has 0 fully saturated rings. The maximum atomic E-state index is 13.5. The highest BCUT2D eigenvalue weighted by molar-refractivity contribution is 5.71. The van der Waals surface area contributed by atoms with Gasteiger partial charge in [0.05, 0.1) is 38.5 Å². The molecular weight excluding hydrogens is 542 g/mol. The Morgan fingerprint density at radius 1 is 0.925 bits per heavy atom. The molecule has 0 unspecified atom stereocenters. The van der Waals surface area contributed by atoms with E-state index in [0.717, 1.165) is 32.1 Å². The van der Waals surface area contributed by atoms with E-state index >= 15 is 0 Å². The number of carbonyl (C=O) groups is 1. The molecule has 2 aromatic carbocycles. The van der Waals surface area contributed by atoms with Crippen molar-refractivity contribution in [1.29, 1.82) is 0 Å². The molecule has 12 heteroatoms. The minimum Gasteiger partial charge on any atom is -0.493 e. The lowest BCUT2D eigenvalue weighted by molar-refractivity contribution is -0.143. The zero-order valence-corrected chi connectivity index (χ0v) is 23.1. The van der Waals surface area contributed by atoms with Gasteiger partial charge in [0.25, 0.3) is 0 Å². The zero-order chi connectivity index (χ0) is 29.8. The average molecular weight is 577 g/mol. The van der Waals surface area contributed by atoms with Crippen LogP contribution in [0.1, 0.15) is 67.8 Å². The van der Waals surface area contributed by atoms with Crippen molar-refractivity contribution in [1.82, 2.24) is 4.90 Å². The van der Waals surface area contributed by atoms with E-state index in [0.29, 0.717) is 42.2 Å². The standard InChI is InChI=1S/C28H34F6N2O4/c1-6-7-8-9-35-17(2)10-22(21-14-24(38-3)25(39-4)15-23(21)35)36(26(37)40-5)16-18-11-19(27(29,30)31)13-20(12-18)28(32,33)34/h11-15,17,22H,6-10,16H2,1-5H3/t17-,22+/m1/s1. The van der Waals surface area contributed by atoms with E-state index in [1.165, 1.54) is 19.1 Å². The molecule has 0 aromatic heterocycles. The van der Waals surface area contributed by atoms with Gasteiger partial charge in [-0.1, -0.05) is 19.8 Å². The second-order valence-electron chi connectivity index (χ2n) is 9.78. The molecule has 2 aromatic rings. The first kappa shape index (κ1) is 31.2. The first-order valence-corrected chi connectivity index (χ1v) is 12.9. The molecule has 2 atom stereocenters. The van der Waals surface area contributed by atoms with Crippen molar-refractivity contribution < 1.29 is 45.3 Å².